The Bertz CT molecular complexity index is 568. The van der Waals surface area contributed by atoms with Gasteiger partial charge in [0, 0.05) is 17.0 Å². The van der Waals surface area contributed by atoms with E-state index in [0.717, 1.165) is 9.90 Å². The van der Waals surface area contributed by atoms with Crippen LogP contribution >= 0.6 is 46.1 Å². The molecule has 0 bridgehead atoms. The van der Waals surface area contributed by atoms with Crippen molar-refractivity contribution in [2.45, 2.75) is 25.9 Å². The van der Waals surface area contributed by atoms with Gasteiger partial charge in [-0.2, -0.15) is 0 Å². The van der Waals surface area contributed by atoms with Gasteiger partial charge in [0.1, 0.15) is 0 Å². The fourth-order valence-corrected chi connectivity index (χ4v) is 3.51. The van der Waals surface area contributed by atoms with Crippen molar-refractivity contribution < 1.29 is 0 Å². The predicted molar refractivity (Wildman–Crippen MR) is 85.8 cm³/mol. The van der Waals surface area contributed by atoms with Gasteiger partial charge in [-0.15, -0.1) is 11.3 Å². The summed E-state index contributed by atoms with van der Waals surface area (Å²) in [5, 5.41) is 4.70. The highest BCUT2D eigenvalue weighted by atomic mass is 35.5. The summed E-state index contributed by atoms with van der Waals surface area (Å²) in [5.74, 6) is 0. The molecular formula is C14H14Cl3NS. The van der Waals surface area contributed by atoms with Gasteiger partial charge in [0.15, 0.2) is 0 Å². The highest BCUT2D eigenvalue weighted by Gasteiger charge is 2.16. The smallest absolute Gasteiger partial charge is 0.0931 e. The number of hydrogen-bond donors (Lipinski definition) is 1. The summed E-state index contributed by atoms with van der Waals surface area (Å²) < 4.78 is 0.803. The van der Waals surface area contributed by atoms with Gasteiger partial charge >= 0.3 is 0 Å². The molecule has 0 aliphatic rings. The minimum absolute atomic E-state index is 0.113. The lowest BCUT2D eigenvalue weighted by Gasteiger charge is -2.20. The van der Waals surface area contributed by atoms with Gasteiger partial charge in [0.2, 0.25) is 0 Å². The molecule has 1 heterocycles. The molecule has 0 fully saturated rings. The molecule has 0 radical (unpaired) electrons. The van der Waals surface area contributed by atoms with Gasteiger partial charge in [0.25, 0.3) is 0 Å². The normalized spacial score (nSPS) is 14.4. The third kappa shape index (κ3) is 3.65. The van der Waals surface area contributed by atoms with E-state index in [2.05, 4.69) is 19.2 Å². The van der Waals surface area contributed by atoms with E-state index in [9.17, 15) is 0 Å². The Balaban J connectivity index is 2.12. The first-order valence-corrected chi connectivity index (χ1v) is 7.89. The molecule has 0 spiro atoms. The molecule has 2 atom stereocenters. The number of halogens is 3. The quantitative estimate of drug-likeness (QED) is 0.710. The van der Waals surface area contributed by atoms with Crippen LogP contribution in [0.3, 0.4) is 0 Å². The van der Waals surface area contributed by atoms with E-state index in [0.29, 0.717) is 10.0 Å². The van der Waals surface area contributed by atoms with Gasteiger partial charge in [-0.25, -0.2) is 0 Å². The van der Waals surface area contributed by atoms with Crippen molar-refractivity contribution in [3.63, 3.8) is 0 Å². The summed E-state index contributed by atoms with van der Waals surface area (Å²) >= 11 is 19.8. The average Bonchev–Trinajstić information content (AvgIpc) is 2.79. The molecule has 0 saturated heterocycles. The highest BCUT2D eigenvalue weighted by Crippen LogP contribution is 2.32. The maximum atomic E-state index is 6.23. The Morgan fingerprint density at radius 3 is 2.37 bits per heavy atom. The van der Waals surface area contributed by atoms with E-state index in [-0.39, 0.29) is 12.1 Å². The Kier molecular flexibility index (Phi) is 5.15. The summed E-state index contributed by atoms with van der Waals surface area (Å²) in [6, 6.07) is 9.97. The van der Waals surface area contributed by atoms with Crippen LogP contribution in [0.5, 0.6) is 0 Å². The van der Waals surface area contributed by atoms with E-state index in [1.54, 1.807) is 17.4 Å². The van der Waals surface area contributed by atoms with E-state index >= 15 is 0 Å². The topological polar surface area (TPSA) is 12.0 Å². The molecule has 2 aromatic rings. The predicted octanol–water partition coefficient (Wildman–Crippen LogP) is 6.12. The number of benzene rings is 1. The van der Waals surface area contributed by atoms with Crippen LogP contribution in [0.1, 0.15) is 36.4 Å². The van der Waals surface area contributed by atoms with Gasteiger partial charge in [-0.05, 0) is 37.6 Å². The van der Waals surface area contributed by atoms with Crippen molar-refractivity contribution in [1.82, 2.24) is 5.32 Å². The second-order valence-electron chi connectivity index (χ2n) is 4.39. The molecule has 0 aliphatic carbocycles. The summed E-state index contributed by atoms with van der Waals surface area (Å²) in [6.45, 7) is 4.18. The summed E-state index contributed by atoms with van der Waals surface area (Å²) in [6.07, 6.45) is 0. The van der Waals surface area contributed by atoms with Crippen LogP contribution in [0, 0.1) is 0 Å². The molecule has 1 nitrogen and oxygen atoms in total. The van der Waals surface area contributed by atoms with Crippen LogP contribution in [0.2, 0.25) is 14.4 Å². The Labute approximate surface area is 132 Å². The average molecular weight is 335 g/mol. The first-order chi connectivity index (χ1) is 8.99. The van der Waals surface area contributed by atoms with Crippen molar-refractivity contribution in [2.24, 2.45) is 0 Å². The molecule has 1 N–H and O–H groups in total. The molecule has 1 aromatic carbocycles. The first-order valence-electron chi connectivity index (χ1n) is 5.94. The lowest BCUT2D eigenvalue weighted by atomic mass is 10.1. The molecule has 2 rings (SSSR count). The second-order valence-corrected chi connectivity index (χ2v) is 6.93. The van der Waals surface area contributed by atoms with Gasteiger partial charge in [-0.3, -0.25) is 0 Å². The lowest BCUT2D eigenvalue weighted by Crippen LogP contribution is -2.22. The van der Waals surface area contributed by atoms with Crippen molar-refractivity contribution >= 4 is 46.1 Å². The zero-order valence-corrected chi connectivity index (χ0v) is 13.7. The summed E-state index contributed by atoms with van der Waals surface area (Å²) in [4.78, 5) is 1.20. The monoisotopic (exact) mass is 333 g/mol. The Hall–Kier alpha value is -0.250. The zero-order valence-electron chi connectivity index (χ0n) is 10.6. The largest absolute Gasteiger partial charge is 0.303 e. The van der Waals surface area contributed by atoms with Crippen LogP contribution in [0.15, 0.2) is 30.3 Å². The number of rotatable bonds is 4. The van der Waals surface area contributed by atoms with E-state index < -0.39 is 0 Å². The fraction of sp³-hybridized carbons (Fsp3) is 0.286. The minimum atomic E-state index is 0.113. The lowest BCUT2D eigenvalue weighted by molar-refractivity contribution is 0.500. The highest BCUT2D eigenvalue weighted by molar-refractivity contribution is 7.16. The third-order valence-electron chi connectivity index (χ3n) is 2.97. The number of thiophene rings is 1. The molecule has 1 aromatic heterocycles. The molecule has 0 amide bonds. The molecule has 2 unspecified atom stereocenters. The molecule has 0 aliphatic heterocycles. The second kappa shape index (κ2) is 6.47. The van der Waals surface area contributed by atoms with Crippen LogP contribution in [0.4, 0.5) is 0 Å². The molecular weight excluding hydrogens is 321 g/mol. The van der Waals surface area contributed by atoms with E-state index in [1.165, 1.54) is 4.88 Å². The standard InChI is InChI=1S/C14H14Cl3NS/c1-8(10-4-3-5-11(15)14(10)17)18-9(2)12-6-7-13(16)19-12/h3-9,18H,1-2H3. The van der Waals surface area contributed by atoms with E-state index in [1.807, 2.05) is 24.3 Å². The van der Waals surface area contributed by atoms with Crippen molar-refractivity contribution in [2.75, 3.05) is 0 Å². The maximum Gasteiger partial charge on any atom is 0.0931 e. The Morgan fingerprint density at radius 1 is 1.00 bits per heavy atom. The Morgan fingerprint density at radius 2 is 1.74 bits per heavy atom. The maximum absolute atomic E-state index is 6.23. The van der Waals surface area contributed by atoms with Gasteiger partial charge in [-0.1, -0.05) is 46.9 Å². The molecule has 19 heavy (non-hydrogen) atoms. The van der Waals surface area contributed by atoms with Crippen molar-refractivity contribution in [1.29, 1.82) is 0 Å². The van der Waals surface area contributed by atoms with Crippen LogP contribution in [-0.2, 0) is 0 Å². The molecule has 102 valence electrons. The number of hydrogen-bond acceptors (Lipinski definition) is 2. The van der Waals surface area contributed by atoms with E-state index in [4.69, 9.17) is 34.8 Å². The van der Waals surface area contributed by atoms with Gasteiger partial charge < -0.3 is 5.32 Å². The molecule has 0 saturated carbocycles. The minimum Gasteiger partial charge on any atom is -0.303 e. The van der Waals surface area contributed by atoms with Crippen LogP contribution in [-0.4, -0.2) is 0 Å². The number of nitrogens with one attached hydrogen (secondary N) is 1. The fourth-order valence-electron chi connectivity index (χ4n) is 1.96. The summed E-state index contributed by atoms with van der Waals surface area (Å²) in [7, 11) is 0. The van der Waals surface area contributed by atoms with Crippen LogP contribution < -0.4 is 5.32 Å². The van der Waals surface area contributed by atoms with Crippen LogP contribution in [0.25, 0.3) is 0 Å². The first kappa shape index (κ1) is 15.1. The zero-order chi connectivity index (χ0) is 14.0. The SMILES string of the molecule is CC(NC(C)c1cccc(Cl)c1Cl)c1ccc(Cl)s1. The summed E-state index contributed by atoms with van der Waals surface area (Å²) in [5.41, 5.74) is 1.00. The molecule has 5 heteroatoms. The van der Waals surface area contributed by atoms with Gasteiger partial charge in [0.05, 0.1) is 14.4 Å². The van der Waals surface area contributed by atoms with Crippen molar-refractivity contribution in [3.05, 3.63) is 55.2 Å². The van der Waals surface area contributed by atoms with Crippen molar-refractivity contribution in [3.8, 4) is 0 Å². The third-order valence-corrected chi connectivity index (χ3v) is 5.22.